The Kier molecular flexibility index (Phi) is 6.04. The lowest BCUT2D eigenvalue weighted by Crippen LogP contribution is -2.41. The molecule has 1 aromatic heterocycles. The van der Waals surface area contributed by atoms with E-state index in [1.165, 1.54) is 6.07 Å². The van der Waals surface area contributed by atoms with E-state index in [0.717, 1.165) is 34.6 Å². The van der Waals surface area contributed by atoms with Crippen molar-refractivity contribution in [1.29, 1.82) is 0 Å². The summed E-state index contributed by atoms with van der Waals surface area (Å²) in [5, 5.41) is 10.6. The number of carbonyl (C=O) groups is 2. The van der Waals surface area contributed by atoms with E-state index in [1.54, 1.807) is 11.4 Å². The number of rotatable bonds is 6. The number of aromatic carboxylic acids is 1. The average Bonchev–Trinajstić information content (AvgIpc) is 3.16. The summed E-state index contributed by atoms with van der Waals surface area (Å²) in [6.45, 7) is 1.95. The van der Waals surface area contributed by atoms with Crippen molar-refractivity contribution in [3.8, 4) is 11.1 Å². The van der Waals surface area contributed by atoms with Gasteiger partial charge in [0.15, 0.2) is 0 Å². The van der Waals surface area contributed by atoms with Gasteiger partial charge in [-0.25, -0.2) is 13.2 Å². The number of halogens is 1. The summed E-state index contributed by atoms with van der Waals surface area (Å²) in [6, 6.07) is 12.6. The van der Waals surface area contributed by atoms with Crippen LogP contribution in [0.15, 0.2) is 58.8 Å². The third-order valence-electron chi connectivity index (χ3n) is 4.00. The van der Waals surface area contributed by atoms with Gasteiger partial charge in [-0.2, -0.15) is 0 Å². The lowest BCUT2D eigenvalue weighted by molar-refractivity contribution is 0.0696. The van der Waals surface area contributed by atoms with Crippen LogP contribution >= 0.6 is 22.9 Å². The molecule has 29 heavy (non-hydrogen) atoms. The second-order valence-corrected chi connectivity index (χ2v) is 9.01. The Bertz CT molecular complexity index is 1190. The van der Waals surface area contributed by atoms with Gasteiger partial charge >= 0.3 is 5.97 Å². The third-order valence-corrected chi connectivity index (χ3v) is 6.64. The van der Waals surface area contributed by atoms with Gasteiger partial charge in [0.1, 0.15) is 9.77 Å². The SMILES string of the molecule is Cc1ccc(-c2ccsc2C(=O)NNS(=O)(=O)c2cc(C(=O)O)ccc2Cl)cc1. The van der Waals surface area contributed by atoms with Crippen LogP contribution in [-0.4, -0.2) is 25.4 Å². The molecule has 0 saturated carbocycles. The first kappa shape index (κ1) is 21.0. The summed E-state index contributed by atoms with van der Waals surface area (Å²) < 4.78 is 25.0. The number of carbonyl (C=O) groups excluding carboxylic acids is 1. The highest BCUT2D eigenvalue weighted by molar-refractivity contribution is 7.89. The molecule has 3 N–H and O–H groups in total. The van der Waals surface area contributed by atoms with E-state index in [9.17, 15) is 18.0 Å². The number of amides is 1. The number of thiophene rings is 1. The van der Waals surface area contributed by atoms with Gasteiger partial charge in [-0.3, -0.25) is 10.2 Å². The number of hydrogen-bond acceptors (Lipinski definition) is 5. The van der Waals surface area contributed by atoms with E-state index >= 15 is 0 Å². The second-order valence-electron chi connectivity index (χ2n) is 6.04. The molecule has 3 rings (SSSR count). The van der Waals surface area contributed by atoms with E-state index in [4.69, 9.17) is 16.7 Å². The fourth-order valence-electron chi connectivity index (χ4n) is 2.51. The van der Waals surface area contributed by atoms with Crippen LogP contribution in [-0.2, 0) is 10.0 Å². The van der Waals surface area contributed by atoms with Gasteiger partial charge in [0.25, 0.3) is 15.9 Å². The zero-order valence-electron chi connectivity index (χ0n) is 15.0. The van der Waals surface area contributed by atoms with Crippen LogP contribution in [0, 0.1) is 6.92 Å². The van der Waals surface area contributed by atoms with Crippen LogP contribution < -0.4 is 10.3 Å². The zero-order chi connectivity index (χ0) is 21.2. The van der Waals surface area contributed by atoms with Crippen molar-refractivity contribution in [1.82, 2.24) is 10.3 Å². The van der Waals surface area contributed by atoms with Crippen molar-refractivity contribution in [2.75, 3.05) is 0 Å². The van der Waals surface area contributed by atoms with Gasteiger partial charge in [0.2, 0.25) is 0 Å². The molecule has 0 bridgehead atoms. The van der Waals surface area contributed by atoms with Gasteiger partial charge < -0.3 is 5.11 Å². The molecule has 0 saturated heterocycles. The van der Waals surface area contributed by atoms with Crippen LogP contribution in [0.25, 0.3) is 11.1 Å². The van der Waals surface area contributed by atoms with E-state index in [1.807, 2.05) is 36.0 Å². The largest absolute Gasteiger partial charge is 0.478 e. The molecule has 0 unspecified atom stereocenters. The third kappa shape index (κ3) is 4.65. The minimum Gasteiger partial charge on any atom is -0.478 e. The molecular formula is C19H15ClN2O5S2. The topological polar surface area (TPSA) is 113 Å². The Balaban J connectivity index is 1.81. The Morgan fingerprint density at radius 3 is 2.41 bits per heavy atom. The number of sulfonamides is 1. The standard InChI is InChI=1S/C19H15ClN2O5S2/c1-11-2-4-12(5-3-11)14-8-9-28-17(14)18(23)21-22-29(26,27)16-10-13(19(24)25)6-7-15(16)20/h2-10,22H,1H3,(H,21,23)(H,24,25). The molecule has 10 heteroatoms. The summed E-state index contributed by atoms with van der Waals surface area (Å²) in [6.07, 6.45) is 0. The summed E-state index contributed by atoms with van der Waals surface area (Å²) >= 11 is 7.06. The van der Waals surface area contributed by atoms with E-state index in [0.29, 0.717) is 10.4 Å². The van der Waals surface area contributed by atoms with Crippen LogP contribution in [0.4, 0.5) is 0 Å². The highest BCUT2D eigenvalue weighted by Crippen LogP contribution is 2.28. The summed E-state index contributed by atoms with van der Waals surface area (Å²) in [7, 11) is -4.29. The fourth-order valence-corrected chi connectivity index (χ4v) is 4.69. The van der Waals surface area contributed by atoms with Gasteiger partial charge in [0.05, 0.1) is 10.6 Å². The highest BCUT2D eigenvalue weighted by Gasteiger charge is 2.22. The van der Waals surface area contributed by atoms with Crippen LogP contribution in [0.3, 0.4) is 0 Å². The van der Waals surface area contributed by atoms with Crippen molar-refractivity contribution >= 4 is 44.8 Å². The molecule has 0 fully saturated rings. The summed E-state index contributed by atoms with van der Waals surface area (Å²) in [5.74, 6) is -1.95. The first-order valence-electron chi connectivity index (χ1n) is 8.18. The van der Waals surface area contributed by atoms with Gasteiger partial charge in [-0.05, 0) is 42.1 Å². The molecule has 7 nitrogen and oxygen atoms in total. The monoisotopic (exact) mass is 450 g/mol. The van der Waals surface area contributed by atoms with Crippen molar-refractivity contribution < 1.29 is 23.1 Å². The fraction of sp³-hybridized carbons (Fsp3) is 0.0526. The Morgan fingerprint density at radius 1 is 1.07 bits per heavy atom. The van der Waals surface area contributed by atoms with Crippen molar-refractivity contribution in [3.05, 3.63) is 74.9 Å². The number of benzene rings is 2. The molecule has 0 aliphatic carbocycles. The maximum Gasteiger partial charge on any atom is 0.335 e. The van der Waals surface area contributed by atoms with Crippen LogP contribution in [0.2, 0.25) is 5.02 Å². The average molecular weight is 451 g/mol. The zero-order valence-corrected chi connectivity index (χ0v) is 17.4. The van der Waals surface area contributed by atoms with E-state index in [-0.39, 0.29) is 10.6 Å². The van der Waals surface area contributed by atoms with Gasteiger partial charge in [-0.1, -0.05) is 41.4 Å². The normalized spacial score (nSPS) is 11.2. The van der Waals surface area contributed by atoms with E-state index < -0.39 is 26.8 Å². The second kappa shape index (κ2) is 8.34. The predicted molar refractivity (Wildman–Crippen MR) is 111 cm³/mol. The van der Waals surface area contributed by atoms with Gasteiger partial charge in [0, 0.05) is 5.56 Å². The summed E-state index contributed by atoms with van der Waals surface area (Å²) in [4.78, 5) is 25.5. The smallest absolute Gasteiger partial charge is 0.335 e. The molecule has 0 atom stereocenters. The van der Waals surface area contributed by atoms with Crippen molar-refractivity contribution in [2.45, 2.75) is 11.8 Å². The predicted octanol–water partition coefficient (Wildman–Crippen LogP) is 3.70. The molecule has 1 amide bonds. The molecule has 3 aromatic rings. The first-order chi connectivity index (χ1) is 13.7. The highest BCUT2D eigenvalue weighted by atomic mass is 35.5. The van der Waals surface area contributed by atoms with E-state index in [2.05, 4.69) is 5.43 Å². The molecular weight excluding hydrogens is 436 g/mol. The Labute approximate surface area is 176 Å². The number of hydrazine groups is 1. The molecule has 0 radical (unpaired) electrons. The minimum atomic E-state index is -4.29. The Morgan fingerprint density at radius 2 is 1.76 bits per heavy atom. The lowest BCUT2D eigenvalue weighted by atomic mass is 10.1. The molecule has 150 valence electrons. The molecule has 1 heterocycles. The maximum absolute atomic E-state index is 12.6. The van der Waals surface area contributed by atoms with Gasteiger partial charge in [-0.15, -0.1) is 16.2 Å². The maximum atomic E-state index is 12.6. The number of carboxylic acid groups (broad SMARTS) is 1. The Hall–Kier alpha value is -2.72. The van der Waals surface area contributed by atoms with Crippen LogP contribution in [0.5, 0.6) is 0 Å². The van der Waals surface area contributed by atoms with Crippen LogP contribution in [0.1, 0.15) is 25.6 Å². The number of hydrogen-bond donors (Lipinski definition) is 3. The lowest BCUT2D eigenvalue weighted by Gasteiger charge is -2.11. The molecule has 0 aliphatic heterocycles. The molecule has 0 aliphatic rings. The number of carboxylic acids is 1. The van der Waals surface area contributed by atoms with Crippen molar-refractivity contribution in [2.24, 2.45) is 0 Å². The molecule has 0 spiro atoms. The first-order valence-corrected chi connectivity index (χ1v) is 10.9. The minimum absolute atomic E-state index is 0.173. The quantitative estimate of drug-likeness (QED) is 0.495. The number of nitrogens with one attached hydrogen (secondary N) is 2. The number of aryl methyl sites for hydroxylation is 1. The van der Waals surface area contributed by atoms with Crippen molar-refractivity contribution in [3.63, 3.8) is 0 Å². The summed E-state index contributed by atoms with van der Waals surface area (Å²) in [5.41, 5.74) is 4.46. The molecule has 2 aromatic carbocycles.